The third-order valence-electron chi connectivity index (χ3n) is 5.04. The van der Waals surface area contributed by atoms with E-state index in [0.717, 1.165) is 10.4 Å². The second kappa shape index (κ2) is 8.64. The van der Waals surface area contributed by atoms with E-state index >= 15 is 0 Å². The van der Waals surface area contributed by atoms with Gasteiger partial charge in [-0.3, -0.25) is 9.59 Å². The summed E-state index contributed by atoms with van der Waals surface area (Å²) in [4.78, 5) is 25.5. The monoisotopic (exact) mass is 435 g/mol. The molecule has 0 radical (unpaired) electrons. The minimum atomic E-state index is -3.58. The van der Waals surface area contributed by atoms with Crippen LogP contribution >= 0.6 is 11.3 Å². The zero-order valence-electron chi connectivity index (χ0n) is 16.7. The average molecular weight is 436 g/mol. The number of benzene rings is 1. The van der Waals surface area contributed by atoms with Crippen molar-refractivity contribution < 1.29 is 18.0 Å². The van der Waals surface area contributed by atoms with Gasteiger partial charge in [0, 0.05) is 36.3 Å². The molecule has 7 nitrogen and oxygen atoms in total. The summed E-state index contributed by atoms with van der Waals surface area (Å²) in [6.07, 6.45) is 1.27. The lowest BCUT2D eigenvalue weighted by Crippen LogP contribution is -2.43. The van der Waals surface area contributed by atoms with E-state index < -0.39 is 15.9 Å². The van der Waals surface area contributed by atoms with Crippen molar-refractivity contribution in [3.8, 4) is 0 Å². The third kappa shape index (κ3) is 4.68. The molecule has 1 fully saturated rings. The van der Waals surface area contributed by atoms with Crippen molar-refractivity contribution >= 4 is 38.9 Å². The van der Waals surface area contributed by atoms with E-state index in [4.69, 9.17) is 0 Å². The molecule has 0 bridgehead atoms. The number of carbonyl (C=O) groups is 2. The van der Waals surface area contributed by atoms with Crippen LogP contribution in [0.5, 0.6) is 0 Å². The highest BCUT2D eigenvalue weighted by Crippen LogP contribution is 2.29. The predicted octanol–water partition coefficient (Wildman–Crippen LogP) is 2.76. The molecule has 29 heavy (non-hydrogen) atoms. The van der Waals surface area contributed by atoms with Gasteiger partial charge >= 0.3 is 0 Å². The van der Waals surface area contributed by atoms with Gasteiger partial charge in [-0.25, -0.2) is 8.42 Å². The number of sulfonamides is 1. The quantitative estimate of drug-likeness (QED) is 0.755. The summed E-state index contributed by atoms with van der Waals surface area (Å²) in [5, 5.41) is 5.46. The number of nitrogens with zero attached hydrogens (tertiary/aromatic N) is 1. The van der Waals surface area contributed by atoms with Crippen LogP contribution in [0.15, 0.2) is 34.5 Å². The molecule has 2 heterocycles. The van der Waals surface area contributed by atoms with Crippen LogP contribution in [0.3, 0.4) is 0 Å². The Kier molecular flexibility index (Phi) is 6.40. The van der Waals surface area contributed by atoms with Crippen LogP contribution in [0.25, 0.3) is 0 Å². The van der Waals surface area contributed by atoms with Gasteiger partial charge in [0.25, 0.3) is 15.9 Å². The SMILES string of the molecule is CNC(=O)c1ccc(NC(=O)C2CCCN(S(=O)(=O)c3ccc(C)s3)C2)c(C)c1. The Morgan fingerprint density at radius 3 is 2.55 bits per heavy atom. The molecule has 1 unspecified atom stereocenters. The molecule has 3 rings (SSSR count). The number of piperidine rings is 1. The summed E-state index contributed by atoms with van der Waals surface area (Å²) in [5.41, 5.74) is 1.91. The topological polar surface area (TPSA) is 95.6 Å². The first-order valence-electron chi connectivity index (χ1n) is 9.42. The number of rotatable bonds is 5. The van der Waals surface area contributed by atoms with Crippen LogP contribution in [0, 0.1) is 19.8 Å². The lowest BCUT2D eigenvalue weighted by molar-refractivity contribution is -0.120. The fourth-order valence-corrected chi connectivity index (χ4v) is 6.34. The average Bonchev–Trinajstić information content (AvgIpc) is 3.16. The van der Waals surface area contributed by atoms with Crippen molar-refractivity contribution in [3.63, 3.8) is 0 Å². The minimum Gasteiger partial charge on any atom is -0.355 e. The van der Waals surface area contributed by atoms with Crippen LogP contribution in [0.2, 0.25) is 0 Å². The second-order valence-corrected chi connectivity index (χ2v) is 10.6. The zero-order valence-corrected chi connectivity index (χ0v) is 18.3. The van der Waals surface area contributed by atoms with E-state index in [2.05, 4.69) is 10.6 Å². The molecule has 2 aromatic rings. The summed E-state index contributed by atoms with van der Waals surface area (Å²) >= 11 is 1.25. The molecular formula is C20H25N3O4S2. The number of hydrogen-bond acceptors (Lipinski definition) is 5. The number of thiophene rings is 1. The molecule has 0 saturated carbocycles. The highest BCUT2D eigenvalue weighted by molar-refractivity contribution is 7.91. The molecule has 0 spiro atoms. The number of aryl methyl sites for hydroxylation is 2. The van der Waals surface area contributed by atoms with Gasteiger partial charge in [-0.15, -0.1) is 11.3 Å². The standard InChI is InChI=1S/C20H25N3O4S2/c1-13-11-15(19(24)21-3)7-8-17(13)22-20(25)16-5-4-10-23(12-16)29(26,27)18-9-6-14(2)28-18/h6-9,11,16H,4-5,10,12H2,1-3H3,(H,21,24)(H,22,25). The smallest absolute Gasteiger partial charge is 0.252 e. The Bertz CT molecular complexity index is 1030. The van der Waals surface area contributed by atoms with E-state index in [1.54, 1.807) is 37.4 Å². The van der Waals surface area contributed by atoms with E-state index in [1.807, 2.05) is 13.8 Å². The summed E-state index contributed by atoms with van der Waals surface area (Å²) in [5.74, 6) is -0.816. The lowest BCUT2D eigenvalue weighted by Gasteiger charge is -2.31. The number of anilines is 1. The van der Waals surface area contributed by atoms with Crippen molar-refractivity contribution in [1.29, 1.82) is 0 Å². The van der Waals surface area contributed by atoms with E-state index in [9.17, 15) is 18.0 Å². The highest BCUT2D eigenvalue weighted by Gasteiger charge is 2.34. The number of carbonyl (C=O) groups excluding carboxylic acids is 2. The van der Waals surface area contributed by atoms with Crippen molar-refractivity contribution in [2.45, 2.75) is 30.9 Å². The highest BCUT2D eigenvalue weighted by atomic mass is 32.2. The van der Waals surface area contributed by atoms with Crippen molar-refractivity contribution in [3.05, 3.63) is 46.3 Å². The van der Waals surface area contributed by atoms with E-state index in [1.165, 1.54) is 15.6 Å². The molecule has 1 aromatic carbocycles. The van der Waals surface area contributed by atoms with Gasteiger partial charge in [0.15, 0.2) is 0 Å². The van der Waals surface area contributed by atoms with Gasteiger partial charge in [0.1, 0.15) is 4.21 Å². The molecule has 9 heteroatoms. The van der Waals surface area contributed by atoms with E-state index in [-0.39, 0.29) is 18.4 Å². The van der Waals surface area contributed by atoms with Crippen molar-refractivity contribution in [1.82, 2.24) is 9.62 Å². The van der Waals surface area contributed by atoms with Crippen LogP contribution in [-0.4, -0.2) is 44.7 Å². The lowest BCUT2D eigenvalue weighted by atomic mass is 9.98. The minimum absolute atomic E-state index is 0.167. The predicted molar refractivity (Wildman–Crippen MR) is 114 cm³/mol. The first-order chi connectivity index (χ1) is 13.7. The summed E-state index contributed by atoms with van der Waals surface area (Å²) in [6, 6.07) is 8.47. The second-order valence-electron chi connectivity index (χ2n) is 7.17. The number of nitrogens with one attached hydrogen (secondary N) is 2. The summed E-state index contributed by atoms with van der Waals surface area (Å²) < 4.78 is 27.5. The maximum absolute atomic E-state index is 12.9. The molecule has 1 aliphatic rings. The van der Waals surface area contributed by atoms with Gasteiger partial charge in [-0.05, 0) is 62.6 Å². The molecule has 1 aromatic heterocycles. The maximum atomic E-state index is 12.9. The molecule has 1 saturated heterocycles. The largest absolute Gasteiger partial charge is 0.355 e. The number of hydrogen-bond donors (Lipinski definition) is 2. The van der Waals surface area contributed by atoms with Gasteiger partial charge in [0.2, 0.25) is 5.91 Å². The Labute approximate surface area is 175 Å². The van der Waals surface area contributed by atoms with Crippen molar-refractivity contribution in [2.75, 3.05) is 25.5 Å². The maximum Gasteiger partial charge on any atom is 0.252 e. The summed E-state index contributed by atoms with van der Waals surface area (Å²) in [7, 11) is -2.02. The fourth-order valence-electron chi connectivity index (χ4n) is 3.38. The van der Waals surface area contributed by atoms with Crippen LogP contribution < -0.4 is 10.6 Å². The van der Waals surface area contributed by atoms with Gasteiger partial charge < -0.3 is 10.6 Å². The van der Waals surface area contributed by atoms with Crippen LogP contribution in [0.4, 0.5) is 5.69 Å². The number of amides is 2. The molecule has 156 valence electrons. The Morgan fingerprint density at radius 1 is 1.17 bits per heavy atom. The Balaban J connectivity index is 1.71. The fraction of sp³-hybridized carbons (Fsp3) is 0.400. The zero-order chi connectivity index (χ0) is 21.2. The first-order valence-corrected chi connectivity index (χ1v) is 11.7. The molecule has 2 N–H and O–H groups in total. The normalized spacial score (nSPS) is 17.7. The Hall–Kier alpha value is -2.23. The molecule has 1 aliphatic heterocycles. The summed E-state index contributed by atoms with van der Waals surface area (Å²) in [6.45, 7) is 4.27. The molecule has 0 aliphatic carbocycles. The molecule has 1 atom stereocenters. The van der Waals surface area contributed by atoms with Gasteiger partial charge in [-0.2, -0.15) is 4.31 Å². The van der Waals surface area contributed by atoms with Gasteiger partial charge in [0.05, 0.1) is 5.92 Å². The Morgan fingerprint density at radius 2 is 1.93 bits per heavy atom. The van der Waals surface area contributed by atoms with E-state index in [0.29, 0.717) is 34.8 Å². The van der Waals surface area contributed by atoms with Crippen molar-refractivity contribution in [2.24, 2.45) is 5.92 Å². The van der Waals surface area contributed by atoms with Crippen LogP contribution in [-0.2, 0) is 14.8 Å². The molecular weight excluding hydrogens is 410 g/mol. The first kappa shape index (κ1) is 21.5. The van der Waals surface area contributed by atoms with Crippen LogP contribution in [0.1, 0.15) is 33.6 Å². The van der Waals surface area contributed by atoms with Gasteiger partial charge in [-0.1, -0.05) is 0 Å². The molecule has 2 amide bonds. The third-order valence-corrected chi connectivity index (χ3v) is 8.37.